The molecule has 4 rings (SSSR count). The van der Waals surface area contributed by atoms with Crippen LogP contribution in [-0.2, 0) is 22.4 Å². The van der Waals surface area contributed by atoms with Crippen LogP contribution in [0.5, 0.6) is 0 Å². The van der Waals surface area contributed by atoms with Crippen LogP contribution >= 0.6 is 0 Å². The highest BCUT2D eigenvalue weighted by Crippen LogP contribution is 2.40. The van der Waals surface area contributed by atoms with E-state index in [9.17, 15) is 14.7 Å². The Morgan fingerprint density at radius 1 is 1.03 bits per heavy atom. The molecule has 1 N–H and O–H groups in total. The Hall–Kier alpha value is -2.92. The third-order valence-corrected chi connectivity index (χ3v) is 7.07. The van der Waals surface area contributed by atoms with Crippen molar-refractivity contribution in [1.82, 2.24) is 9.80 Å². The number of hydrogen-bond donors (Lipinski definition) is 1. The Bertz CT molecular complexity index is 1080. The molecule has 0 radical (unpaired) electrons. The van der Waals surface area contributed by atoms with Gasteiger partial charge in [-0.2, -0.15) is 0 Å². The summed E-state index contributed by atoms with van der Waals surface area (Å²) in [6, 6.07) is 13.2. The lowest BCUT2D eigenvalue weighted by molar-refractivity contribution is -0.140. The van der Waals surface area contributed by atoms with Crippen LogP contribution in [0.1, 0.15) is 60.5 Å². The Morgan fingerprint density at radius 3 is 2.45 bits per heavy atom. The minimum atomic E-state index is -0.601. The third-order valence-electron chi connectivity index (χ3n) is 7.07. The smallest absolute Gasteiger partial charge is 0.295 e. The van der Waals surface area contributed by atoms with E-state index >= 15 is 0 Å². The van der Waals surface area contributed by atoms with Gasteiger partial charge in [-0.3, -0.25) is 9.59 Å². The van der Waals surface area contributed by atoms with Crippen molar-refractivity contribution in [3.05, 3.63) is 75.9 Å². The number of fused-ring (bicyclic) bond motifs is 1. The van der Waals surface area contributed by atoms with Crippen molar-refractivity contribution in [3.63, 3.8) is 0 Å². The minimum absolute atomic E-state index is 0.0708. The van der Waals surface area contributed by atoms with E-state index < -0.39 is 17.7 Å². The van der Waals surface area contributed by atoms with Gasteiger partial charge in [-0.25, -0.2) is 0 Å². The largest absolute Gasteiger partial charge is 0.507 e. The minimum Gasteiger partial charge on any atom is -0.507 e. The van der Waals surface area contributed by atoms with Crippen molar-refractivity contribution >= 4 is 17.4 Å². The molecule has 2 aromatic carbocycles. The molecule has 2 aliphatic rings. The number of aliphatic hydroxyl groups is 1. The number of aryl methyl sites for hydroxylation is 3. The third kappa shape index (κ3) is 4.60. The van der Waals surface area contributed by atoms with E-state index in [0.717, 1.165) is 43.5 Å². The zero-order valence-corrected chi connectivity index (χ0v) is 19.9. The van der Waals surface area contributed by atoms with Gasteiger partial charge in [-0.15, -0.1) is 0 Å². The Balaban J connectivity index is 1.79. The molecule has 5 nitrogen and oxygen atoms in total. The van der Waals surface area contributed by atoms with E-state index in [1.54, 1.807) is 4.90 Å². The number of amides is 1. The average molecular weight is 447 g/mol. The molecule has 0 bridgehead atoms. The van der Waals surface area contributed by atoms with Crippen LogP contribution in [0.3, 0.4) is 0 Å². The summed E-state index contributed by atoms with van der Waals surface area (Å²) in [5.41, 5.74) is 5.26. The summed E-state index contributed by atoms with van der Waals surface area (Å²) < 4.78 is 0. The first-order valence-electron chi connectivity index (χ1n) is 12.1. The van der Waals surface area contributed by atoms with Gasteiger partial charge in [-0.1, -0.05) is 55.8 Å². The van der Waals surface area contributed by atoms with Crippen molar-refractivity contribution in [1.29, 1.82) is 0 Å². The van der Waals surface area contributed by atoms with Gasteiger partial charge in [0.15, 0.2) is 0 Å². The van der Waals surface area contributed by atoms with Gasteiger partial charge in [0.2, 0.25) is 0 Å². The number of carbonyl (C=O) groups is 2. The number of ketones is 1. The van der Waals surface area contributed by atoms with Gasteiger partial charge in [0.25, 0.3) is 11.7 Å². The van der Waals surface area contributed by atoms with E-state index in [0.29, 0.717) is 18.7 Å². The van der Waals surface area contributed by atoms with Crippen molar-refractivity contribution in [2.45, 2.75) is 52.5 Å². The Labute approximate surface area is 196 Å². The molecule has 174 valence electrons. The van der Waals surface area contributed by atoms with Gasteiger partial charge in [0, 0.05) is 18.7 Å². The zero-order valence-electron chi connectivity index (χ0n) is 19.9. The van der Waals surface area contributed by atoms with E-state index in [1.165, 1.54) is 17.5 Å². The van der Waals surface area contributed by atoms with Crippen molar-refractivity contribution in [2.75, 3.05) is 26.2 Å². The van der Waals surface area contributed by atoms with Crippen LogP contribution in [0, 0.1) is 6.92 Å². The maximum Gasteiger partial charge on any atom is 0.295 e. The predicted molar refractivity (Wildman–Crippen MR) is 131 cm³/mol. The summed E-state index contributed by atoms with van der Waals surface area (Å²) in [6.45, 7) is 9.05. The fourth-order valence-corrected chi connectivity index (χ4v) is 5.12. The first-order valence-corrected chi connectivity index (χ1v) is 12.1. The number of hydrogen-bond acceptors (Lipinski definition) is 4. The second-order valence-corrected chi connectivity index (χ2v) is 9.12. The molecule has 1 unspecified atom stereocenters. The first kappa shape index (κ1) is 23.2. The van der Waals surface area contributed by atoms with Crippen molar-refractivity contribution in [2.24, 2.45) is 0 Å². The molecule has 2 aromatic rings. The number of aliphatic hydroxyl groups excluding tert-OH is 1. The highest BCUT2D eigenvalue weighted by Gasteiger charge is 2.46. The summed E-state index contributed by atoms with van der Waals surface area (Å²) in [4.78, 5) is 30.3. The molecule has 1 aliphatic carbocycles. The van der Waals surface area contributed by atoms with Crippen LogP contribution in [0.15, 0.2) is 48.0 Å². The summed E-state index contributed by atoms with van der Waals surface area (Å²) >= 11 is 0. The van der Waals surface area contributed by atoms with Gasteiger partial charge < -0.3 is 14.9 Å². The Morgan fingerprint density at radius 2 is 1.76 bits per heavy atom. The molecular weight excluding hydrogens is 412 g/mol. The number of nitrogens with zero attached hydrogens (tertiary/aromatic N) is 2. The number of likely N-dealkylation sites (N-methyl/N-ethyl adjacent to an activating group) is 1. The van der Waals surface area contributed by atoms with Crippen LogP contribution in [0.25, 0.3) is 5.76 Å². The summed E-state index contributed by atoms with van der Waals surface area (Å²) in [5, 5.41) is 11.4. The summed E-state index contributed by atoms with van der Waals surface area (Å²) in [5.74, 6) is -1.21. The fourth-order valence-electron chi connectivity index (χ4n) is 5.12. The normalized spacial score (nSPS) is 19.9. The molecule has 0 saturated carbocycles. The molecule has 0 aromatic heterocycles. The van der Waals surface area contributed by atoms with Crippen molar-refractivity contribution < 1.29 is 14.7 Å². The number of likely N-dealkylation sites (tertiary alicyclic amines) is 1. The molecule has 33 heavy (non-hydrogen) atoms. The predicted octanol–water partition coefficient (Wildman–Crippen LogP) is 4.64. The van der Waals surface area contributed by atoms with E-state index in [2.05, 4.69) is 24.8 Å². The second-order valence-electron chi connectivity index (χ2n) is 9.12. The molecular formula is C28H34N2O3. The number of rotatable bonds is 7. The lowest BCUT2D eigenvalue weighted by Crippen LogP contribution is -2.38. The first-order chi connectivity index (χ1) is 15.9. The molecule has 1 fully saturated rings. The second kappa shape index (κ2) is 9.92. The molecule has 1 amide bonds. The highest BCUT2D eigenvalue weighted by molar-refractivity contribution is 6.46. The van der Waals surface area contributed by atoms with E-state index in [1.807, 2.05) is 43.3 Å². The number of carbonyl (C=O) groups excluding carboxylic acids is 2. The molecule has 1 saturated heterocycles. The maximum atomic E-state index is 13.2. The van der Waals surface area contributed by atoms with E-state index in [4.69, 9.17) is 0 Å². The van der Waals surface area contributed by atoms with Crippen LogP contribution in [0.4, 0.5) is 0 Å². The monoisotopic (exact) mass is 446 g/mol. The van der Waals surface area contributed by atoms with Crippen LogP contribution in [0.2, 0.25) is 0 Å². The quantitative estimate of drug-likeness (QED) is 0.382. The molecule has 0 spiro atoms. The molecule has 5 heteroatoms. The number of Topliss-reactive ketones (excluding diaryl/α,β-unsaturated/α-hetero) is 1. The maximum absolute atomic E-state index is 13.2. The van der Waals surface area contributed by atoms with Gasteiger partial charge in [0.1, 0.15) is 5.76 Å². The summed E-state index contributed by atoms with van der Waals surface area (Å²) in [7, 11) is 0. The van der Waals surface area contributed by atoms with Crippen molar-refractivity contribution in [3.8, 4) is 0 Å². The Kier molecular flexibility index (Phi) is 6.99. The standard InChI is InChI=1S/C28H34N2O3/c1-4-29(5-2)15-16-30-25(22-12-8-9-19(3)17-22)24(27(32)28(30)33)26(31)23-14-13-20-10-6-7-11-21(20)18-23/h8-9,12-14,17-18,25,31H,4-7,10-11,15-16H2,1-3H3/b26-24-. The van der Waals surface area contributed by atoms with Gasteiger partial charge in [0.05, 0.1) is 11.6 Å². The average Bonchev–Trinajstić information content (AvgIpc) is 3.09. The number of benzene rings is 2. The molecule has 1 aliphatic heterocycles. The van der Waals surface area contributed by atoms with Gasteiger partial charge >= 0.3 is 0 Å². The highest BCUT2D eigenvalue weighted by atomic mass is 16.3. The molecule has 1 heterocycles. The topological polar surface area (TPSA) is 60.9 Å². The lowest BCUT2D eigenvalue weighted by atomic mass is 9.88. The van der Waals surface area contributed by atoms with Crippen LogP contribution < -0.4 is 0 Å². The fraction of sp³-hybridized carbons (Fsp3) is 0.429. The summed E-state index contributed by atoms with van der Waals surface area (Å²) in [6.07, 6.45) is 4.35. The van der Waals surface area contributed by atoms with Crippen LogP contribution in [-0.4, -0.2) is 52.8 Å². The van der Waals surface area contributed by atoms with E-state index in [-0.39, 0.29) is 11.3 Å². The SMILES string of the molecule is CCN(CC)CCN1C(=O)C(=O)/C(=C(\O)c2ccc3c(c2)CCCC3)C1c1cccc(C)c1. The lowest BCUT2D eigenvalue weighted by Gasteiger charge is -2.28. The molecule has 1 atom stereocenters. The zero-order chi connectivity index (χ0) is 23.5. The van der Waals surface area contributed by atoms with Gasteiger partial charge in [-0.05, 0) is 68.5 Å².